The highest BCUT2D eigenvalue weighted by Crippen LogP contribution is 2.22. The number of guanidine groups is 1. The number of nitrogens with one attached hydrogen (secondary N) is 2. The second-order valence-electron chi connectivity index (χ2n) is 7.15. The molecule has 0 radical (unpaired) electrons. The third-order valence-electron chi connectivity index (χ3n) is 4.86. The number of amides is 1. The van der Waals surface area contributed by atoms with E-state index in [4.69, 9.17) is 9.26 Å². The van der Waals surface area contributed by atoms with E-state index in [1.165, 1.54) is 4.90 Å². The van der Waals surface area contributed by atoms with Gasteiger partial charge < -0.3 is 24.8 Å². The van der Waals surface area contributed by atoms with Crippen molar-refractivity contribution in [3.8, 4) is 0 Å². The van der Waals surface area contributed by atoms with E-state index in [1.54, 1.807) is 14.1 Å². The molecular formula is C19H33N5O3. The van der Waals surface area contributed by atoms with Gasteiger partial charge in [0.2, 0.25) is 5.91 Å². The lowest BCUT2D eigenvalue weighted by atomic mass is 9.99. The number of hydrogen-bond donors (Lipinski definition) is 2. The van der Waals surface area contributed by atoms with Crippen LogP contribution in [0.3, 0.4) is 0 Å². The number of rotatable bonds is 9. The van der Waals surface area contributed by atoms with Crippen LogP contribution in [0.1, 0.15) is 50.5 Å². The average Bonchev–Trinajstić information content (AvgIpc) is 3.34. The van der Waals surface area contributed by atoms with Crippen molar-refractivity contribution in [2.24, 2.45) is 10.9 Å². The van der Waals surface area contributed by atoms with E-state index in [1.807, 2.05) is 6.07 Å². The van der Waals surface area contributed by atoms with Crippen molar-refractivity contribution in [2.75, 3.05) is 40.4 Å². The predicted molar refractivity (Wildman–Crippen MR) is 105 cm³/mol. The van der Waals surface area contributed by atoms with Gasteiger partial charge in [0, 0.05) is 45.1 Å². The number of hydrogen-bond acceptors (Lipinski definition) is 5. The Morgan fingerprint density at radius 2 is 2.15 bits per heavy atom. The van der Waals surface area contributed by atoms with Gasteiger partial charge in [0.1, 0.15) is 6.54 Å². The van der Waals surface area contributed by atoms with E-state index >= 15 is 0 Å². The summed E-state index contributed by atoms with van der Waals surface area (Å²) in [4.78, 5) is 17.8. The molecule has 1 aromatic rings. The molecule has 8 heteroatoms. The van der Waals surface area contributed by atoms with E-state index in [0.717, 1.165) is 50.5 Å². The number of carbonyl (C=O) groups excluding carboxylic acids is 1. The van der Waals surface area contributed by atoms with Gasteiger partial charge in [-0.05, 0) is 19.3 Å². The standard InChI is InChI=1S/C19H33N5O3/c1-5-15(6-2)17-9-16(27-23-17)11-21-19(22-12-18(25)24(3)4)20-10-14-7-8-26-13-14/h9,14-15H,5-8,10-13H2,1-4H3,(H2,20,21,22). The normalized spacial score (nSPS) is 17.4. The molecule has 2 N–H and O–H groups in total. The lowest BCUT2D eigenvalue weighted by Gasteiger charge is -2.15. The molecule has 1 aliphatic heterocycles. The maximum Gasteiger partial charge on any atom is 0.243 e. The van der Waals surface area contributed by atoms with Gasteiger partial charge >= 0.3 is 0 Å². The summed E-state index contributed by atoms with van der Waals surface area (Å²) in [6.07, 6.45) is 3.12. The first-order valence-corrected chi connectivity index (χ1v) is 9.79. The van der Waals surface area contributed by atoms with Crippen LogP contribution in [0.4, 0.5) is 0 Å². The van der Waals surface area contributed by atoms with Crippen LogP contribution in [0, 0.1) is 5.92 Å². The molecule has 1 atom stereocenters. The highest BCUT2D eigenvalue weighted by atomic mass is 16.5. The molecular weight excluding hydrogens is 346 g/mol. The average molecular weight is 380 g/mol. The molecule has 1 amide bonds. The van der Waals surface area contributed by atoms with Gasteiger partial charge in [0.15, 0.2) is 11.7 Å². The molecule has 0 spiro atoms. The molecule has 2 heterocycles. The first-order chi connectivity index (χ1) is 13.0. The van der Waals surface area contributed by atoms with E-state index in [0.29, 0.717) is 24.3 Å². The first-order valence-electron chi connectivity index (χ1n) is 9.79. The van der Waals surface area contributed by atoms with Gasteiger partial charge in [0.05, 0.1) is 18.8 Å². The van der Waals surface area contributed by atoms with Gasteiger partial charge in [-0.2, -0.15) is 0 Å². The Bertz CT molecular complexity index is 604. The van der Waals surface area contributed by atoms with Crippen molar-refractivity contribution in [1.29, 1.82) is 0 Å². The topological polar surface area (TPSA) is 92.0 Å². The highest BCUT2D eigenvalue weighted by molar-refractivity contribution is 5.84. The molecule has 0 aromatic carbocycles. The zero-order chi connectivity index (χ0) is 19.6. The van der Waals surface area contributed by atoms with Gasteiger partial charge in [-0.15, -0.1) is 0 Å². The molecule has 0 saturated carbocycles. The lowest BCUT2D eigenvalue weighted by Crippen LogP contribution is -2.40. The van der Waals surface area contributed by atoms with Gasteiger partial charge in [-0.25, -0.2) is 4.99 Å². The van der Waals surface area contributed by atoms with Crippen LogP contribution in [0.5, 0.6) is 0 Å². The fourth-order valence-corrected chi connectivity index (χ4v) is 2.93. The Kier molecular flexibility index (Phi) is 8.57. The van der Waals surface area contributed by atoms with Crippen LogP contribution in [-0.4, -0.2) is 62.3 Å². The molecule has 1 aromatic heterocycles. The van der Waals surface area contributed by atoms with Crippen molar-refractivity contribution in [3.05, 3.63) is 17.5 Å². The summed E-state index contributed by atoms with van der Waals surface area (Å²) in [5.41, 5.74) is 0.995. The maximum atomic E-state index is 11.8. The SMILES string of the molecule is CCC(CC)c1cc(CNC(=NCC(=O)N(C)C)NCC2CCOC2)on1. The number of nitrogens with zero attached hydrogens (tertiary/aromatic N) is 3. The number of likely N-dealkylation sites (N-methyl/N-ethyl adjacent to an activating group) is 1. The second kappa shape index (κ2) is 10.9. The molecule has 8 nitrogen and oxygen atoms in total. The quantitative estimate of drug-likeness (QED) is 0.502. The highest BCUT2D eigenvalue weighted by Gasteiger charge is 2.17. The fraction of sp³-hybridized carbons (Fsp3) is 0.737. The Morgan fingerprint density at radius 1 is 1.37 bits per heavy atom. The van der Waals surface area contributed by atoms with E-state index in [-0.39, 0.29) is 12.5 Å². The molecule has 2 rings (SSSR count). The summed E-state index contributed by atoms with van der Waals surface area (Å²) in [5, 5.41) is 10.7. The summed E-state index contributed by atoms with van der Waals surface area (Å²) < 4.78 is 10.9. The van der Waals surface area contributed by atoms with Gasteiger partial charge in [0.25, 0.3) is 0 Å². The molecule has 1 unspecified atom stereocenters. The van der Waals surface area contributed by atoms with Gasteiger partial charge in [-0.3, -0.25) is 4.79 Å². The van der Waals surface area contributed by atoms with Crippen LogP contribution in [0.15, 0.2) is 15.6 Å². The van der Waals surface area contributed by atoms with E-state index in [9.17, 15) is 4.79 Å². The molecule has 1 aliphatic rings. The minimum atomic E-state index is -0.0454. The zero-order valence-corrected chi connectivity index (χ0v) is 17.0. The third kappa shape index (κ3) is 6.86. The Hall–Kier alpha value is -2.09. The predicted octanol–water partition coefficient (Wildman–Crippen LogP) is 1.74. The minimum absolute atomic E-state index is 0.0454. The van der Waals surface area contributed by atoms with Crippen LogP contribution in [-0.2, 0) is 16.1 Å². The molecule has 0 aliphatic carbocycles. The number of ether oxygens (including phenoxy) is 1. The summed E-state index contributed by atoms with van der Waals surface area (Å²) in [5.74, 6) is 2.20. The molecule has 0 bridgehead atoms. The zero-order valence-electron chi connectivity index (χ0n) is 17.0. The van der Waals surface area contributed by atoms with Crippen molar-refractivity contribution in [2.45, 2.75) is 45.6 Å². The van der Waals surface area contributed by atoms with Crippen molar-refractivity contribution >= 4 is 11.9 Å². The summed E-state index contributed by atoms with van der Waals surface area (Å²) in [6.45, 7) is 7.21. The maximum absolute atomic E-state index is 11.8. The summed E-state index contributed by atoms with van der Waals surface area (Å²) in [7, 11) is 3.45. The fourth-order valence-electron chi connectivity index (χ4n) is 2.93. The molecule has 1 saturated heterocycles. The van der Waals surface area contributed by atoms with E-state index in [2.05, 4.69) is 34.6 Å². The van der Waals surface area contributed by atoms with Crippen LogP contribution >= 0.6 is 0 Å². The summed E-state index contributed by atoms with van der Waals surface area (Å²) in [6, 6.07) is 2.00. The van der Waals surface area contributed by atoms with E-state index < -0.39 is 0 Å². The van der Waals surface area contributed by atoms with Crippen molar-refractivity contribution in [3.63, 3.8) is 0 Å². The first kappa shape index (κ1) is 21.2. The summed E-state index contributed by atoms with van der Waals surface area (Å²) >= 11 is 0. The Balaban J connectivity index is 1.93. The van der Waals surface area contributed by atoms with Crippen LogP contribution < -0.4 is 10.6 Å². The monoisotopic (exact) mass is 379 g/mol. The molecule has 152 valence electrons. The number of aliphatic imine (C=N–C) groups is 1. The molecule has 1 fully saturated rings. The molecule has 27 heavy (non-hydrogen) atoms. The lowest BCUT2D eigenvalue weighted by molar-refractivity contribution is -0.127. The minimum Gasteiger partial charge on any atom is -0.381 e. The van der Waals surface area contributed by atoms with Crippen LogP contribution in [0.25, 0.3) is 0 Å². The third-order valence-corrected chi connectivity index (χ3v) is 4.86. The smallest absolute Gasteiger partial charge is 0.243 e. The van der Waals surface area contributed by atoms with Crippen molar-refractivity contribution < 1.29 is 14.1 Å². The number of aromatic nitrogens is 1. The second-order valence-corrected chi connectivity index (χ2v) is 7.15. The number of carbonyl (C=O) groups is 1. The van der Waals surface area contributed by atoms with Crippen LogP contribution in [0.2, 0.25) is 0 Å². The largest absolute Gasteiger partial charge is 0.381 e. The Labute approximate surface area is 161 Å². The Morgan fingerprint density at radius 3 is 2.78 bits per heavy atom. The van der Waals surface area contributed by atoms with Gasteiger partial charge in [-0.1, -0.05) is 19.0 Å². The van der Waals surface area contributed by atoms with Crippen molar-refractivity contribution in [1.82, 2.24) is 20.7 Å².